The Hall–Kier alpha value is -1.84. The SMILES string of the molecule is CNC(=O)CC1(C[C@@H]2CCC(=O)N2Cc2ccccc2)CCCCC1. The summed E-state index contributed by atoms with van der Waals surface area (Å²) in [6.07, 6.45) is 9.06. The van der Waals surface area contributed by atoms with Gasteiger partial charge in [-0.05, 0) is 36.7 Å². The first-order valence-electron chi connectivity index (χ1n) is 9.66. The molecule has 1 saturated heterocycles. The van der Waals surface area contributed by atoms with Gasteiger partial charge in [-0.3, -0.25) is 9.59 Å². The van der Waals surface area contributed by atoms with Crippen molar-refractivity contribution < 1.29 is 9.59 Å². The molecule has 2 aliphatic rings. The first-order valence-corrected chi connectivity index (χ1v) is 9.66. The van der Waals surface area contributed by atoms with Crippen molar-refractivity contribution in [2.75, 3.05) is 7.05 Å². The second kappa shape index (κ2) is 8.03. The highest BCUT2D eigenvalue weighted by molar-refractivity contribution is 5.79. The van der Waals surface area contributed by atoms with Crippen molar-refractivity contribution in [2.24, 2.45) is 5.41 Å². The highest BCUT2D eigenvalue weighted by Gasteiger charge is 2.41. The molecule has 1 heterocycles. The fourth-order valence-corrected chi connectivity index (χ4v) is 4.69. The molecule has 1 atom stereocenters. The lowest BCUT2D eigenvalue weighted by molar-refractivity contribution is -0.130. The Bertz CT molecular complexity index is 593. The predicted molar refractivity (Wildman–Crippen MR) is 98.8 cm³/mol. The normalized spacial score (nSPS) is 22.8. The standard InChI is InChI=1S/C21H30N2O2/c1-22-19(24)15-21(12-6-3-7-13-21)14-18-10-11-20(25)23(18)16-17-8-4-2-5-9-17/h2,4-5,8-9,18H,3,6-7,10-16H2,1H3,(H,22,24)/t18-/m0/s1. The van der Waals surface area contributed by atoms with Crippen LogP contribution in [0, 0.1) is 5.41 Å². The quantitative estimate of drug-likeness (QED) is 0.858. The maximum atomic E-state index is 12.5. The Labute approximate surface area is 151 Å². The third kappa shape index (κ3) is 4.42. The van der Waals surface area contributed by atoms with E-state index in [-0.39, 0.29) is 23.3 Å². The van der Waals surface area contributed by atoms with E-state index in [1.54, 1.807) is 7.05 Å². The fraction of sp³-hybridized carbons (Fsp3) is 0.619. The molecule has 1 aliphatic heterocycles. The van der Waals surface area contributed by atoms with E-state index >= 15 is 0 Å². The van der Waals surface area contributed by atoms with Gasteiger partial charge < -0.3 is 10.2 Å². The van der Waals surface area contributed by atoms with Crippen LogP contribution in [0.15, 0.2) is 30.3 Å². The minimum atomic E-state index is 0.0720. The molecule has 1 saturated carbocycles. The lowest BCUT2D eigenvalue weighted by atomic mass is 9.67. The van der Waals surface area contributed by atoms with Crippen LogP contribution in [-0.4, -0.2) is 29.8 Å². The predicted octanol–water partition coefficient (Wildman–Crippen LogP) is 3.65. The van der Waals surface area contributed by atoms with Gasteiger partial charge in [0, 0.05) is 32.5 Å². The van der Waals surface area contributed by atoms with Gasteiger partial charge >= 0.3 is 0 Å². The van der Waals surface area contributed by atoms with E-state index in [0.29, 0.717) is 19.4 Å². The molecule has 3 rings (SSSR count). The van der Waals surface area contributed by atoms with Gasteiger partial charge in [0.2, 0.25) is 11.8 Å². The van der Waals surface area contributed by atoms with Gasteiger partial charge in [0.05, 0.1) is 0 Å². The highest BCUT2D eigenvalue weighted by atomic mass is 16.2. The summed E-state index contributed by atoms with van der Waals surface area (Å²) in [4.78, 5) is 26.6. The summed E-state index contributed by atoms with van der Waals surface area (Å²) in [5.41, 5.74) is 1.26. The minimum Gasteiger partial charge on any atom is -0.359 e. The number of likely N-dealkylation sites (tertiary alicyclic amines) is 1. The van der Waals surface area contributed by atoms with Crippen LogP contribution in [0.5, 0.6) is 0 Å². The highest BCUT2D eigenvalue weighted by Crippen LogP contribution is 2.45. The smallest absolute Gasteiger partial charge is 0.223 e. The van der Waals surface area contributed by atoms with Crippen LogP contribution < -0.4 is 5.32 Å². The molecule has 0 unspecified atom stereocenters. The molecule has 1 N–H and O–H groups in total. The number of carbonyl (C=O) groups is 2. The van der Waals surface area contributed by atoms with Gasteiger partial charge in [0.25, 0.3) is 0 Å². The van der Waals surface area contributed by atoms with E-state index in [2.05, 4.69) is 22.3 Å². The number of benzene rings is 1. The number of hydrogen-bond acceptors (Lipinski definition) is 2. The van der Waals surface area contributed by atoms with Crippen LogP contribution in [-0.2, 0) is 16.1 Å². The van der Waals surface area contributed by atoms with Crippen LogP contribution in [0.25, 0.3) is 0 Å². The van der Waals surface area contributed by atoms with Gasteiger partial charge in [0.15, 0.2) is 0 Å². The summed E-state index contributed by atoms with van der Waals surface area (Å²) < 4.78 is 0. The summed E-state index contributed by atoms with van der Waals surface area (Å²) in [5, 5.41) is 2.80. The summed E-state index contributed by atoms with van der Waals surface area (Å²) in [7, 11) is 1.72. The first kappa shape index (κ1) is 18.0. The molecule has 0 radical (unpaired) electrons. The average Bonchev–Trinajstić information content (AvgIpc) is 2.96. The minimum absolute atomic E-state index is 0.0720. The Morgan fingerprint density at radius 1 is 1.20 bits per heavy atom. The lowest BCUT2D eigenvalue weighted by Gasteiger charge is -2.40. The first-order chi connectivity index (χ1) is 12.1. The molecule has 0 bridgehead atoms. The molecule has 0 spiro atoms. The van der Waals surface area contributed by atoms with Gasteiger partial charge in [-0.25, -0.2) is 0 Å². The molecule has 2 amide bonds. The Morgan fingerprint density at radius 3 is 2.60 bits per heavy atom. The van der Waals surface area contributed by atoms with Crippen LogP contribution >= 0.6 is 0 Å². The number of amides is 2. The molecule has 4 nitrogen and oxygen atoms in total. The third-order valence-electron chi connectivity index (χ3n) is 6.05. The number of carbonyl (C=O) groups excluding carboxylic acids is 2. The van der Waals surface area contributed by atoms with E-state index in [4.69, 9.17) is 0 Å². The van der Waals surface area contributed by atoms with Crippen molar-refractivity contribution in [3.63, 3.8) is 0 Å². The maximum Gasteiger partial charge on any atom is 0.223 e. The van der Waals surface area contributed by atoms with Crippen molar-refractivity contribution in [1.29, 1.82) is 0 Å². The zero-order valence-corrected chi connectivity index (χ0v) is 15.3. The van der Waals surface area contributed by atoms with Crippen LogP contribution in [0.3, 0.4) is 0 Å². The Balaban J connectivity index is 1.73. The van der Waals surface area contributed by atoms with Crippen LogP contribution in [0.1, 0.15) is 63.4 Å². The van der Waals surface area contributed by atoms with E-state index in [1.807, 2.05) is 18.2 Å². The Morgan fingerprint density at radius 2 is 1.92 bits per heavy atom. The molecule has 4 heteroatoms. The zero-order valence-electron chi connectivity index (χ0n) is 15.3. The zero-order chi connectivity index (χ0) is 17.7. The number of nitrogens with one attached hydrogen (secondary N) is 1. The summed E-state index contributed by atoms with van der Waals surface area (Å²) >= 11 is 0. The maximum absolute atomic E-state index is 12.5. The number of rotatable bonds is 6. The van der Waals surface area contributed by atoms with Gasteiger partial charge in [-0.1, -0.05) is 49.6 Å². The van der Waals surface area contributed by atoms with Crippen molar-refractivity contribution >= 4 is 11.8 Å². The molecule has 136 valence electrons. The molecule has 1 aromatic carbocycles. The molecular weight excluding hydrogens is 312 g/mol. The molecule has 1 aliphatic carbocycles. The summed E-state index contributed by atoms with van der Waals surface area (Å²) in [6, 6.07) is 10.5. The molecule has 0 aromatic heterocycles. The van der Waals surface area contributed by atoms with Gasteiger partial charge in [0.1, 0.15) is 0 Å². The van der Waals surface area contributed by atoms with Crippen LogP contribution in [0.2, 0.25) is 0 Å². The number of hydrogen-bond donors (Lipinski definition) is 1. The Kier molecular flexibility index (Phi) is 5.77. The lowest BCUT2D eigenvalue weighted by Crippen LogP contribution is -2.40. The summed E-state index contributed by atoms with van der Waals surface area (Å²) in [6.45, 7) is 0.695. The fourth-order valence-electron chi connectivity index (χ4n) is 4.69. The van der Waals surface area contributed by atoms with E-state index < -0.39 is 0 Å². The van der Waals surface area contributed by atoms with Crippen molar-refractivity contribution in [2.45, 2.75) is 70.4 Å². The second-order valence-corrected chi connectivity index (χ2v) is 7.81. The molecule has 2 fully saturated rings. The summed E-state index contributed by atoms with van der Waals surface area (Å²) in [5.74, 6) is 0.403. The van der Waals surface area contributed by atoms with Crippen molar-refractivity contribution in [3.8, 4) is 0 Å². The molecule has 1 aromatic rings. The van der Waals surface area contributed by atoms with E-state index in [0.717, 1.165) is 25.7 Å². The molecular formula is C21H30N2O2. The monoisotopic (exact) mass is 342 g/mol. The van der Waals surface area contributed by atoms with Crippen molar-refractivity contribution in [1.82, 2.24) is 10.2 Å². The van der Waals surface area contributed by atoms with Gasteiger partial charge in [-0.2, -0.15) is 0 Å². The van der Waals surface area contributed by atoms with E-state index in [9.17, 15) is 9.59 Å². The largest absolute Gasteiger partial charge is 0.359 e. The number of nitrogens with zero attached hydrogens (tertiary/aromatic N) is 1. The third-order valence-corrected chi connectivity index (χ3v) is 6.05. The topological polar surface area (TPSA) is 49.4 Å². The second-order valence-electron chi connectivity index (χ2n) is 7.81. The van der Waals surface area contributed by atoms with E-state index in [1.165, 1.54) is 24.8 Å². The van der Waals surface area contributed by atoms with Gasteiger partial charge in [-0.15, -0.1) is 0 Å². The molecule has 25 heavy (non-hydrogen) atoms. The van der Waals surface area contributed by atoms with Crippen molar-refractivity contribution in [3.05, 3.63) is 35.9 Å². The average molecular weight is 342 g/mol. The van der Waals surface area contributed by atoms with Crippen LogP contribution in [0.4, 0.5) is 0 Å².